The van der Waals surface area contributed by atoms with E-state index in [4.69, 9.17) is 9.73 Å². The first-order chi connectivity index (χ1) is 19.6. The molecule has 1 unspecified atom stereocenters. The van der Waals surface area contributed by atoms with E-state index in [1.165, 1.54) is 31.4 Å². The Labute approximate surface area is 238 Å². The Bertz CT molecular complexity index is 1190. The van der Waals surface area contributed by atoms with Crippen molar-refractivity contribution in [2.45, 2.75) is 38.5 Å². The Morgan fingerprint density at radius 2 is 1.75 bits per heavy atom. The van der Waals surface area contributed by atoms with Gasteiger partial charge in [-0.15, -0.1) is 0 Å². The summed E-state index contributed by atoms with van der Waals surface area (Å²) in [6.45, 7) is 6.73. The van der Waals surface area contributed by atoms with Crippen molar-refractivity contribution < 1.29 is 9.53 Å². The maximum atomic E-state index is 13.0. The number of carbonyl (C=O) groups excluding carboxylic acids is 1. The number of carbonyl (C=O) groups is 1. The number of nitrogens with one attached hydrogen (secondary N) is 1. The van der Waals surface area contributed by atoms with E-state index in [1.807, 2.05) is 23.1 Å². The second-order valence-corrected chi connectivity index (χ2v) is 11.8. The summed E-state index contributed by atoms with van der Waals surface area (Å²) in [4.78, 5) is 29.1. The molecule has 1 aromatic rings. The molecule has 0 aromatic heterocycles. The maximum absolute atomic E-state index is 13.0. The molecule has 2 bridgehead atoms. The molecule has 3 saturated heterocycles. The van der Waals surface area contributed by atoms with Crippen LogP contribution in [0.4, 0.5) is 16.2 Å². The average Bonchev–Trinajstić information content (AvgIpc) is 3.35. The number of hydrogen-bond donors (Lipinski definition) is 1. The van der Waals surface area contributed by atoms with Crippen molar-refractivity contribution in [3.8, 4) is 0 Å². The number of piperidine rings is 2. The maximum Gasteiger partial charge on any atom is 0.321 e. The topological polar surface area (TPSA) is 72.8 Å². The fourth-order valence-corrected chi connectivity index (χ4v) is 6.41. The van der Waals surface area contributed by atoms with E-state index >= 15 is 0 Å². The van der Waals surface area contributed by atoms with E-state index in [0.717, 1.165) is 68.5 Å². The van der Waals surface area contributed by atoms with Crippen molar-refractivity contribution in [3.05, 3.63) is 60.0 Å². The van der Waals surface area contributed by atoms with Crippen LogP contribution in [0, 0.1) is 17.8 Å². The number of benzene rings is 1. The highest BCUT2D eigenvalue weighted by atomic mass is 16.5. The zero-order valence-electron chi connectivity index (χ0n) is 23.7. The van der Waals surface area contributed by atoms with Gasteiger partial charge in [-0.05, 0) is 101 Å². The lowest BCUT2D eigenvalue weighted by molar-refractivity contribution is 0.122. The Balaban J connectivity index is 1.00. The van der Waals surface area contributed by atoms with E-state index in [2.05, 4.69) is 57.5 Å². The number of rotatable bonds is 6. The lowest BCUT2D eigenvalue weighted by atomic mass is 9.84. The third kappa shape index (κ3) is 6.49. The summed E-state index contributed by atoms with van der Waals surface area (Å²) in [5.74, 6) is 1.91. The largest absolute Gasteiger partial charge is 0.493 e. The Morgan fingerprint density at radius 1 is 1.00 bits per heavy atom. The van der Waals surface area contributed by atoms with Crippen LogP contribution in [0.3, 0.4) is 0 Å². The van der Waals surface area contributed by atoms with E-state index < -0.39 is 0 Å². The van der Waals surface area contributed by atoms with E-state index in [0.29, 0.717) is 24.9 Å². The van der Waals surface area contributed by atoms with Crippen LogP contribution in [-0.2, 0) is 4.74 Å². The minimum Gasteiger partial charge on any atom is -0.493 e. The average molecular weight is 543 g/mol. The van der Waals surface area contributed by atoms with Gasteiger partial charge in [0.2, 0.25) is 0 Å². The Kier molecular flexibility index (Phi) is 8.32. The molecule has 5 aliphatic rings. The first kappa shape index (κ1) is 26.8. The van der Waals surface area contributed by atoms with Gasteiger partial charge in [-0.25, -0.2) is 14.8 Å². The fraction of sp³-hybridized carbons (Fsp3) is 0.531. The van der Waals surface area contributed by atoms with Gasteiger partial charge in [0, 0.05) is 61.2 Å². The molecule has 1 aliphatic carbocycles. The molecule has 4 aliphatic heterocycles. The molecule has 0 radical (unpaired) electrons. The summed E-state index contributed by atoms with van der Waals surface area (Å²) >= 11 is 0. The predicted octanol–water partition coefficient (Wildman–Crippen LogP) is 5.33. The molecular weight excluding hydrogens is 500 g/mol. The van der Waals surface area contributed by atoms with Gasteiger partial charge >= 0.3 is 6.03 Å². The minimum absolute atomic E-state index is 0.0242. The lowest BCUT2D eigenvalue weighted by Gasteiger charge is -2.33. The number of ether oxygens (including phenoxy) is 1. The zero-order chi connectivity index (χ0) is 27.3. The van der Waals surface area contributed by atoms with Crippen molar-refractivity contribution in [1.29, 1.82) is 0 Å². The van der Waals surface area contributed by atoms with Crippen LogP contribution < -0.4 is 10.2 Å². The SMILES string of the molecule is CN1CCC(COC2=CC3=CC(C=C2)C(C2CCN(C(=O)Nc4ccc(N5CCCC5)cc4)CC2)=NC=N3)CC1. The summed E-state index contributed by atoms with van der Waals surface area (Å²) < 4.78 is 6.24. The number of anilines is 2. The number of aliphatic imine (C=N–C) groups is 2. The molecule has 1 atom stereocenters. The van der Waals surface area contributed by atoms with Crippen LogP contribution in [0.1, 0.15) is 38.5 Å². The number of fused-ring (bicyclic) bond motifs is 1. The normalized spacial score (nSPS) is 24.2. The summed E-state index contributed by atoms with van der Waals surface area (Å²) in [5, 5.41) is 3.09. The molecule has 2 amide bonds. The van der Waals surface area contributed by atoms with E-state index in [1.54, 1.807) is 6.34 Å². The summed E-state index contributed by atoms with van der Waals surface area (Å²) in [7, 11) is 2.19. The number of likely N-dealkylation sites (tertiary alicyclic amines) is 2. The molecule has 4 heterocycles. The molecule has 8 heteroatoms. The Hall–Kier alpha value is -3.39. The van der Waals surface area contributed by atoms with Gasteiger partial charge < -0.3 is 24.8 Å². The lowest BCUT2D eigenvalue weighted by Crippen LogP contribution is -2.43. The van der Waals surface area contributed by atoms with E-state index in [9.17, 15) is 4.79 Å². The van der Waals surface area contributed by atoms with Crippen LogP contribution in [0.25, 0.3) is 0 Å². The van der Waals surface area contributed by atoms with Crippen molar-refractivity contribution in [2.75, 3.05) is 63.1 Å². The first-order valence-corrected chi connectivity index (χ1v) is 15.0. The van der Waals surface area contributed by atoms with Crippen molar-refractivity contribution >= 4 is 29.5 Å². The second-order valence-electron chi connectivity index (χ2n) is 11.8. The number of allylic oxidation sites excluding steroid dienone is 4. The zero-order valence-corrected chi connectivity index (χ0v) is 23.7. The van der Waals surface area contributed by atoms with Gasteiger partial charge in [-0.1, -0.05) is 6.08 Å². The highest BCUT2D eigenvalue weighted by Gasteiger charge is 2.30. The van der Waals surface area contributed by atoms with Crippen LogP contribution in [0.2, 0.25) is 0 Å². The molecule has 1 aromatic carbocycles. The molecule has 40 heavy (non-hydrogen) atoms. The van der Waals surface area contributed by atoms with E-state index in [-0.39, 0.29) is 11.9 Å². The molecule has 0 spiro atoms. The molecule has 212 valence electrons. The van der Waals surface area contributed by atoms with Crippen LogP contribution in [0.5, 0.6) is 0 Å². The number of hydrogen-bond acceptors (Lipinski definition) is 6. The minimum atomic E-state index is -0.0242. The molecular formula is C32H42N6O2. The van der Waals surface area contributed by atoms with Gasteiger partial charge in [0.1, 0.15) is 12.1 Å². The summed E-state index contributed by atoms with van der Waals surface area (Å²) in [6, 6.07) is 8.23. The highest BCUT2D eigenvalue weighted by Crippen LogP contribution is 2.29. The summed E-state index contributed by atoms with van der Waals surface area (Å²) in [6.07, 6.45) is 16.9. The van der Waals surface area contributed by atoms with Crippen molar-refractivity contribution in [3.63, 3.8) is 0 Å². The van der Waals surface area contributed by atoms with Crippen LogP contribution >= 0.6 is 0 Å². The molecule has 3 fully saturated rings. The second kappa shape index (κ2) is 12.4. The van der Waals surface area contributed by atoms with Crippen molar-refractivity contribution in [2.24, 2.45) is 27.7 Å². The molecule has 0 saturated carbocycles. The predicted molar refractivity (Wildman–Crippen MR) is 162 cm³/mol. The van der Waals surface area contributed by atoms with Gasteiger partial charge in [0.15, 0.2) is 0 Å². The molecule has 1 N–H and O–H groups in total. The summed E-state index contributed by atoms with van der Waals surface area (Å²) in [5.41, 5.74) is 4.12. The number of amides is 2. The fourth-order valence-electron chi connectivity index (χ4n) is 6.41. The number of urea groups is 1. The third-order valence-electron chi connectivity index (χ3n) is 8.98. The van der Waals surface area contributed by atoms with Crippen molar-refractivity contribution in [1.82, 2.24) is 9.80 Å². The molecule has 8 nitrogen and oxygen atoms in total. The number of nitrogens with zero attached hydrogens (tertiary/aromatic N) is 5. The first-order valence-electron chi connectivity index (χ1n) is 15.0. The Morgan fingerprint density at radius 3 is 2.50 bits per heavy atom. The monoisotopic (exact) mass is 542 g/mol. The van der Waals surface area contributed by atoms with Crippen LogP contribution in [-0.4, -0.2) is 80.8 Å². The quantitative estimate of drug-likeness (QED) is 0.528. The third-order valence-corrected chi connectivity index (χ3v) is 8.98. The highest BCUT2D eigenvalue weighted by molar-refractivity contribution is 5.98. The van der Waals surface area contributed by atoms with Gasteiger partial charge in [0.05, 0.1) is 12.3 Å². The van der Waals surface area contributed by atoms with Gasteiger partial charge in [0.25, 0.3) is 0 Å². The molecule has 6 rings (SSSR count). The standard InChI is InChI=1S/C32H42N6O2/c1-36-16-10-24(11-17-36)22-40-30-9-4-26-20-28(21-30)33-23-34-31(26)25-12-18-38(19-13-25)32(39)35-27-5-7-29(8-6-27)37-14-2-3-15-37/h4-9,20-21,23-26H,2-3,10-19,22H2,1H3,(H,35,39). The van der Waals surface area contributed by atoms with Crippen LogP contribution in [0.15, 0.2) is 70.0 Å². The van der Waals surface area contributed by atoms with Gasteiger partial charge in [-0.2, -0.15) is 0 Å². The van der Waals surface area contributed by atoms with Gasteiger partial charge in [-0.3, -0.25) is 0 Å². The smallest absolute Gasteiger partial charge is 0.321 e.